The van der Waals surface area contributed by atoms with Gasteiger partial charge in [0.05, 0.1) is 0 Å². The molecular formula is C7H13NO3. The summed E-state index contributed by atoms with van der Waals surface area (Å²) < 4.78 is 0. The Morgan fingerprint density at radius 3 is 2.27 bits per heavy atom. The van der Waals surface area contributed by atoms with Crippen molar-refractivity contribution in [2.75, 3.05) is 0 Å². The molecule has 0 atom stereocenters. The summed E-state index contributed by atoms with van der Waals surface area (Å²) in [7, 11) is 0. The lowest BCUT2D eigenvalue weighted by molar-refractivity contribution is -0.132. The van der Waals surface area contributed by atoms with Gasteiger partial charge in [0.2, 0.25) is 5.91 Å². The molecule has 0 saturated carbocycles. The molecule has 4 heteroatoms. The molecule has 0 aliphatic heterocycles. The third-order valence-electron chi connectivity index (χ3n) is 1.37. The summed E-state index contributed by atoms with van der Waals surface area (Å²) >= 11 is 0. The van der Waals surface area contributed by atoms with E-state index >= 15 is 0 Å². The zero-order chi connectivity index (χ0) is 8.85. The number of carbonyl (C=O) groups excluding carboxylic acids is 2. The van der Waals surface area contributed by atoms with Gasteiger partial charge in [0.15, 0.2) is 0 Å². The van der Waals surface area contributed by atoms with Crippen molar-refractivity contribution in [1.82, 2.24) is 5.48 Å². The molecule has 0 spiro atoms. The van der Waals surface area contributed by atoms with Crippen LogP contribution in [0, 0.1) is 5.92 Å². The van der Waals surface area contributed by atoms with Crippen LogP contribution in [-0.2, 0) is 9.59 Å². The van der Waals surface area contributed by atoms with Crippen LogP contribution in [0.15, 0.2) is 0 Å². The summed E-state index contributed by atoms with van der Waals surface area (Å²) in [4.78, 5) is 21.3. The highest BCUT2D eigenvalue weighted by molar-refractivity contribution is 5.85. The van der Waals surface area contributed by atoms with E-state index in [4.69, 9.17) is 5.21 Å². The van der Waals surface area contributed by atoms with Crippen molar-refractivity contribution in [2.45, 2.75) is 26.7 Å². The molecule has 0 fully saturated rings. The zero-order valence-electron chi connectivity index (χ0n) is 6.76. The van der Waals surface area contributed by atoms with Gasteiger partial charge in [-0.15, -0.1) is 0 Å². The maximum absolute atomic E-state index is 10.9. The Balaban J connectivity index is 3.54. The van der Waals surface area contributed by atoms with E-state index in [1.54, 1.807) is 13.8 Å². The van der Waals surface area contributed by atoms with Crippen LogP contribution in [0.25, 0.3) is 0 Å². The number of hydrogen-bond acceptors (Lipinski definition) is 3. The van der Waals surface area contributed by atoms with Crippen LogP contribution in [0.3, 0.4) is 0 Å². The van der Waals surface area contributed by atoms with Crippen LogP contribution in [-0.4, -0.2) is 16.9 Å². The first-order valence-corrected chi connectivity index (χ1v) is 3.53. The Hall–Kier alpha value is -0.900. The molecule has 0 bridgehead atoms. The highest BCUT2D eigenvalue weighted by Gasteiger charge is 2.08. The van der Waals surface area contributed by atoms with E-state index in [9.17, 15) is 9.59 Å². The van der Waals surface area contributed by atoms with Crippen molar-refractivity contribution in [1.29, 1.82) is 0 Å². The number of Topliss-reactive ketones (excluding diaryl/α,β-unsaturated/α-hetero) is 1. The van der Waals surface area contributed by atoms with Crippen molar-refractivity contribution in [3.8, 4) is 0 Å². The number of hydroxylamine groups is 1. The molecule has 64 valence electrons. The van der Waals surface area contributed by atoms with E-state index in [2.05, 4.69) is 0 Å². The Labute approximate surface area is 65.6 Å². The fourth-order valence-electron chi connectivity index (χ4n) is 0.581. The highest BCUT2D eigenvalue weighted by atomic mass is 16.5. The monoisotopic (exact) mass is 159 g/mol. The first-order chi connectivity index (χ1) is 5.07. The number of rotatable bonds is 4. The first-order valence-electron chi connectivity index (χ1n) is 3.53. The second kappa shape index (κ2) is 4.85. The van der Waals surface area contributed by atoms with Gasteiger partial charge in [0.25, 0.3) is 0 Å². The molecular weight excluding hydrogens is 146 g/mol. The first kappa shape index (κ1) is 10.1. The molecule has 1 amide bonds. The van der Waals surface area contributed by atoms with Gasteiger partial charge in [0.1, 0.15) is 5.78 Å². The molecule has 11 heavy (non-hydrogen) atoms. The molecule has 0 aromatic heterocycles. The fraction of sp³-hybridized carbons (Fsp3) is 0.714. The molecule has 0 aromatic carbocycles. The van der Waals surface area contributed by atoms with Crippen molar-refractivity contribution in [2.24, 2.45) is 5.92 Å². The second-order valence-electron chi connectivity index (χ2n) is 2.66. The largest absolute Gasteiger partial charge is 0.299 e. The van der Waals surface area contributed by atoms with Crippen LogP contribution in [0.2, 0.25) is 0 Å². The van der Waals surface area contributed by atoms with Crippen LogP contribution < -0.4 is 5.48 Å². The van der Waals surface area contributed by atoms with E-state index in [0.29, 0.717) is 0 Å². The standard InChI is InChI=1S/C7H13NO3/c1-5(2)6(9)3-4-7(10)8-11/h5,11H,3-4H2,1-2H3,(H,8,10). The quantitative estimate of drug-likeness (QED) is 0.463. The molecule has 0 heterocycles. The third kappa shape index (κ3) is 4.50. The molecule has 0 aromatic rings. The molecule has 0 radical (unpaired) electrons. The lowest BCUT2D eigenvalue weighted by atomic mass is 10.0. The maximum Gasteiger partial charge on any atom is 0.243 e. The van der Waals surface area contributed by atoms with Gasteiger partial charge < -0.3 is 0 Å². The van der Waals surface area contributed by atoms with Gasteiger partial charge in [-0.05, 0) is 0 Å². The normalized spacial score (nSPS) is 9.82. The van der Waals surface area contributed by atoms with E-state index < -0.39 is 5.91 Å². The number of hydrogen-bond donors (Lipinski definition) is 2. The Bertz CT molecular complexity index is 154. The number of nitrogens with one attached hydrogen (secondary N) is 1. The van der Waals surface area contributed by atoms with Gasteiger partial charge in [-0.25, -0.2) is 5.48 Å². The van der Waals surface area contributed by atoms with Crippen LogP contribution >= 0.6 is 0 Å². The number of carbonyl (C=O) groups is 2. The minimum absolute atomic E-state index is 0.0357. The molecule has 0 saturated heterocycles. The van der Waals surface area contributed by atoms with Gasteiger partial charge in [0, 0.05) is 18.8 Å². The average molecular weight is 159 g/mol. The van der Waals surface area contributed by atoms with Crippen molar-refractivity contribution >= 4 is 11.7 Å². The maximum atomic E-state index is 10.9. The Kier molecular flexibility index (Phi) is 4.45. The highest BCUT2D eigenvalue weighted by Crippen LogP contribution is 2.00. The van der Waals surface area contributed by atoms with Crippen LogP contribution in [0.5, 0.6) is 0 Å². The average Bonchev–Trinajstić information content (AvgIpc) is 1.99. The summed E-state index contributed by atoms with van der Waals surface area (Å²) in [5, 5.41) is 8.08. The van der Waals surface area contributed by atoms with Crippen molar-refractivity contribution < 1.29 is 14.8 Å². The lowest BCUT2D eigenvalue weighted by Gasteiger charge is -2.01. The van der Waals surface area contributed by atoms with Crippen LogP contribution in [0.1, 0.15) is 26.7 Å². The van der Waals surface area contributed by atoms with Gasteiger partial charge in [-0.1, -0.05) is 13.8 Å². The van der Waals surface area contributed by atoms with E-state index in [1.807, 2.05) is 0 Å². The van der Waals surface area contributed by atoms with E-state index in [0.717, 1.165) is 0 Å². The molecule has 0 rings (SSSR count). The molecule has 4 nitrogen and oxygen atoms in total. The number of amides is 1. The summed E-state index contributed by atoms with van der Waals surface area (Å²) in [6, 6.07) is 0. The van der Waals surface area contributed by atoms with Gasteiger partial charge in [-0.2, -0.15) is 0 Å². The third-order valence-corrected chi connectivity index (χ3v) is 1.37. The SMILES string of the molecule is CC(C)C(=O)CCC(=O)NO. The Morgan fingerprint density at radius 2 is 1.91 bits per heavy atom. The zero-order valence-corrected chi connectivity index (χ0v) is 6.76. The van der Waals surface area contributed by atoms with Crippen molar-refractivity contribution in [3.63, 3.8) is 0 Å². The summed E-state index contributed by atoms with van der Waals surface area (Å²) in [5.41, 5.74) is 1.47. The van der Waals surface area contributed by atoms with Gasteiger partial charge >= 0.3 is 0 Å². The van der Waals surface area contributed by atoms with E-state index in [-0.39, 0.29) is 24.5 Å². The predicted molar refractivity (Wildman–Crippen MR) is 39.0 cm³/mol. The summed E-state index contributed by atoms with van der Waals surface area (Å²) in [5.74, 6) is -0.519. The Morgan fingerprint density at radius 1 is 1.36 bits per heavy atom. The fourth-order valence-corrected chi connectivity index (χ4v) is 0.581. The molecule has 0 aliphatic rings. The second-order valence-corrected chi connectivity index (χ2v) is 2.66. The minimum atomic E-state index is -0.515. The molecule has 0 unspecified atom stereocenters. The van der Waals surface area contributed by atoms with Crippen molar-refractivity contribution in [3.05, 3.63) is 0 Å². The van der Waals surface area contributed by atoms with Gasteiger partial charge in [-0.3, -0.25) is 14.8 Å². The van der Waals surface area contributed by atoms with Crippen LogP contribution in [0.4, 0.5) is 0 Å². The smallest absolute Gasteiger partial charge is 0.243 e. The number of ketones is 1. The van der Waals surface area contributed by atoms with E-state index in [1.165, 1.54) is 5.48 Å². The molecule has 2 N–H and O–H groups in total. The topological polar surface area (TPSA) is 66.4 Å². The molecule has 0 aliphatic carbocycles. The summed E-state index contributed by atoms with van der Waals surface area (Å²) in [6.07, 6.45) is 0.261. The minimum Gasteiger partial charge on any atom is -0.299 e. The summed E-state index contributed by atoms with van der Waals surface area (Å²) in [6.45, 7) is 3.55. The lowest BCUT2D eigenvalue weighted by Crippen LogP contribution is -2.20. The predicted octanol–water partition coefficient (Wildman–Crippen LogP) is 0.497.